The van der Waals surface area contributed by atoms with Crippen LogP contribution in [0.2, 0.25) is 0 Å². The van der Waals surface area contributed by atoms with E-state index in [1.807, 2.05) is 19.9 Å². The Morgan fingerprint density at radius 3 is 2.50 bits per heavy atom. The smallest absolute Gasteiger partial charge is 0.120 e. The minimum absolute atomic E-state index is 0.212. The molecule has 1 aromatic rings. The number of nitrogens with zero attached hydrogens (tertiary/aromatic N) is 1. The second-order valence-corrected chi connectivity index (χ2v) is 3.04. The number of phenolic OH excluding ortho intramolecular Hbond substituents is 1. The monoisotopic (exact) mass is 161 g/mol. The van der Waals surface area contributed by atoms with Gasteiger partial charge in [0.25, 0.3) is 0 Å². The molecule has 0 spiro atoms. The number of hydrogen-bond acceptors (Lipinski definition) is 2. The molecule has 0 aliphatic heterocycles. The molecule has 0 saturated heterocycles. The molecule has 0 heterocycles. The van der Waals surface area contributed by atoms with Gasteiger partial charge in [0.1, 0.15) is 5.75 Å². The van der Waals surface area contributed by atoms with Gasteiger partial charge in [-0.2, -0.15) is 5.26 Å². The highest BCUT2D eigenvalue weighted by atomic mass is 16.3. The zero-order valence-corrected chi connectivity index (χ0v) is 7.20. The summed E-state index contributed by atoms with van der Waals surface area (Å²) in [5.41, 5.74) is 1.38. The van der Waals surface area contributed by atoms with Gasteiger partial charge >= 0.3 is 0 Å². The first-order valence-corrected chi connectivity index (χ1v) is 3.88. The van der Waals surface area contributed by atoms with Gasteiger partial charge in [0.05, 0.1) is 11.6 Å². The van der Waals surface area contributed by atoms with Gasteiger partial charge in [-0.05, 0) is 23.6 Å². The van der Waals surface area contributed by atoms with Crippen LogP contribution < -0.4 is 0 Å². The van der Waals surface area contributed by atoms with E-state index in [2.05, 4.69) is 0 Å². The maximum atomic E-state index is 9.44. The zero-order valence-electron chi connectivity index (χ0n) is 7.20. The summed E-state index contributed by atoms with van der Waals surface area (Å²) in [5, 5.41) is 18.0. The Balaban J connectivity index is 3.14. The second kappa shape index (κ2) is 3.27. The lowest BCUT2D eigenvalue weighted by molar-refractivity contribution is 0.464. The van der Waals surface area contributed by atoms with Crippen LogP contribution in [0, 0.1) is 11.3 Å². The van der Waals surface area contributed by atoms with Crippen LogP contribution in [-0.2, 0) is 0 Å². The lowest BCUT2D eigenvalue weighted by Crippen LogP contribution is -1.88. The lowest BCUT2D eigenvalue weighted by Gasteiger charge is -2.07. The van der Waals surface area contributed by atoms with Crippen molar-refractivity contribution in [3.05, 3.63) is 29.3 Å². The van der Waals surface area contributed by atoms with Crippen molar-refractivity contribution in [1.29, 1.82) is 5.26 Å². The first-order chi connectivity index (χ1) is 5.65. The van der Waals surface area contributed by atoms with Crippen LogP contribution in [0.25, 0.3) is 0 Å². The third-order valence-corrected chi connectivity index (χ3v) is 1.78. The summed E-state index contributed by atoms with van der Waals surface area (Å²) in [4.78, 5) is 0. The molecule has 0 aliphatic rings. The molecule has 2 heteroatoms. The van der Waals surface area contributed by atoms with Crippen molar-refractivity contribution in [3.63, 3.8) is 0 Å². The molecule has 0 bridgehead atoms. The van der Waals surface area contributed by atoms with E-state index in [9.17, 15) is 5.11 Å². The third kappa shape index (κ3) is 1.57. The Morgan fingerprint density at radius 1 is 1.42 bits per heavy atom. The van der Waals surface area contributed by atoms with Crippen molar-refractivity contribution in [2.45, 2.75) is 19.8 Å². The average molecular weight is 161 g/mol. The number of nitriles is 1. The molecular formula is C10H11NO. The Labute approximate surface area is 72.1 Å². The van der Waals surface area contributed by atoms with E-state index >= 15 is 0 Å². The molecule has 1 rings (SSSR count). The van der Waals surface area contributed by atoms with Crippen molar-refractivity contribution in [3.8, 4) is 11.8 Å². The maximum absolute atomic E-state index is 9.44. The van der Waals surface area contributed by atoms with E-state index in [0.717, 1.165) is 5.56 Å². The zero-order chi connectivity index (χ0) is 9.14. The van der Waals surface area contributed by atoms with E-state index < -0.39 is 0 Å². The molecule has 0 amide bonds. The first-order valence-electron chi connectivity index (χ1n) is 3.88. The normalized spacial score (nSPS) is 9.83. The highest BCUT2D eigenvalue weighted by Gasteiger charge is 2.05. The third-order valence-electron chi connectivity index (χ3n) is 1.78. The predicted molar refractivity (Wildman–Crippen MR) is 46.9 cm³/mol. The van der Waals surface area contributed by atoms with E-state index in [1.54, 1.807) is 12.1 Å². The highest BCUT2D eigenvalue weighted by molar-refractivity contribution is 5.42. The quantitative estimate of drug-likeness (QED) is 0.687. The van der Waals surface area contributed by atoms with Crippen LogP contribution in [0.4, 0.5) is 0 Å². The Bertz CT molecular complexity index is 323. The van der Waals surface area contributed by atoms with Crippen LogP contribution in [0.5, 0.6) is 5.75 Å². The minimum atomic E-state index is 0.212. The Morgan fingerprint density at radius 2 is 2.08 bits per heavy atom. The summed E-state index contributed by atoms with van der Waals surface area (Å²) in [5.74, 6) is 0.502. The molecule has 62 valence electrons. The van der Waals surface area contributed by atoms with Crippen molar-refractivity contribution < 1.29 is 5.11 Å². The Kier molecular flexibility index (Phi) is 2.35. The molecule has 0 radical (unpaired) electrons. The van der Waals surface area contributed by atoms with Crippen LogP contribution in [0.15, 0.2) is 18.2 Å². The molecule has 0 atom stereocenters. The van der Waals surface area contributed by atoms with Crippen LogP contribution in [0.3, 0.4) is 0 Å². The van der Waals surface area contributed by atoms with Gasteiger partial charge in [0.2, 0.25) is 0 Å². The molecular weight excluding hydrogens is 150 g/mol. The molecule has 0 saturated carbocycles. The standard InChI is InChI=1S/C10H11NO/c1-7(2)9-4-3-8(6-11)5-10(9)12/h3-5,7,12H,1-2H3. The number of phenols is 1. The summed E-state index contributed by atoms with van der Waals surface area (Å²) < 4.78 is 0. The van der Waals surface area contributed by atoms with Crippen LogP contribution in [-0.4, -0.2) is 5.11 Å². The topological polar surface area (TPSA) is 44.0 Å². The second-order valence-electron chi connectivity index (χ2n) is 3.04. The van der Waals surface area contributed by atoms with Gasteiger partial charge < -0.3 is 5.11 Å². The molecule has 0 fully saturated rings. The van der Waals surface area contributed by atoms with E-state index in [0.29, 0.717) is 5.56 Å². The van der Waals surface area contributed by atoms with E-state index in [1.165, 1.54) is 6.07 Å². The Hall–Kier alpha value is -1.49. The predicted octanol–water partition coefficient (Wildman–Crippen LogP) is 2.39. The summed E-state index contributed by atoms with van der Waals surface area (Å²) in [7, 11) is 0. The molecule has 2 nitrogen and oxygen atoms in total. The summed E-state index contributed by atoms with van der Waals surface area (Å²) in [6.07, 6.45) is 0. The van der Waals surface area contributed by atoms with E-state index in [4.69, 9.17) is 5.26 Å². The summed E-state index contributed by atoms with van der Waals surface area (Å²) in [6.45, 7) is 4.00. The van der Waals surface area contributed by atoms with Crippen LogP contribution in [0.1, 0.15) is 30.9 Å². The molecule has 0 aromatic heterocycles. The van der Waals surface area contributed by atoms with Crippen molar-refractivity contribution in [2.24, 2.45) is 0 Å². The SMILES string of the molecule is CC(C)c1ccc(C#N)cc1O. The molecule has 12 heavy (non-hydrogen) atoms. The molecule has 0 aliphatic carbocycles. The lowest BCUT2D eigenvalue weighted by atomic mass is 10.0. The van der Waals surface area contributed by atoms with E-state index in [-0.39, 0.29) is 11.7 Å². The van der Waals surface area contributed by atoms with Gasteiger partial charge in [0, 0.05) is 0 Å². The summed E-state index contributed by atoms with van der Waals surface area (Å²) >= 11 is 0. The average Bonchev–Trinajstić information content (AvgIpc) is 2.03. The maximum Gasteiger partial charge on any atom is 0.120 e. The molecule has 1 aromatic carbocycles. The molecule has 1 N–H and O–H groups in total. The van der Waals surface area contributed by atoms with Crippen molar-refractivity contribution in [1.82, 2.24) is 0 Å². The van der Waals surface area contributed by atoms with Gasteiger partial charge in [0.15, 0.2) is 0 Å². The summed E-state index contributed by atoms with van der Waals surface area (Å²) in [6, 6.07) is 6.98. The van der Waals surface area contributed by atoms with Gasteiger partial charge in [-0.25, -0.2) is 0 Å². The van der Waals surface area contributed by atoms with Gasteiger partial charge in [-0.15, -0.1) is 0 Å². The van der Waals surface area contributed by atoms with Crippen molar-refractivity contribution >= 4 is 0 Å². The number of benzene rings is 1. The number of rotatable bonds is 1. The minimum Gasteiger partial charge on any atom is -0.508 e. The largest absolute Gasteiger partial charge is 0.508 e. The van der Waals surface area contributed by atoms with Crippen LogP contribution >= 0.6 is 0 Å². The highest BCUT2D eigenvalue weighted by Crippen LogP contribution is 2.25. The number of hydrogen-bond donors (Lipinski definition) is 1. The fourth-order valence-corrected chi connectivity index (χ4v) is 1.10. The van der Waals surface area contributed by atoms with Crippen molar-refractivity contribution in [2.75, 3.05) is 0 Å². The fourth-order valence-electron chi connectivity index (χ4n) is 1.10. The van der Waals surface area contributed by atoms with Gasteiger partial charge in [-0.3, -0.25) is 0 Å². The first kappa shape index (κ1) is 8.61. The molecule has 0 unspecified atom stereocenters. The fraction of sp³-hybridized carbons (Fsp3) is 0.300. The number of aromatic hydroxyl groups is 1. The van der Waals surface area contributed by atoms with Gasteiger partial charge in [-0.1, -0.05) is 19.9 Å².